The van der Waals surface area contributed by atoms with Crippen LogP contribution < -0.4 is 5.32 Å². The Labute approximate surface area is 124 Å². The fourth-order valence-corrected chi connectivity index (χ4v) is 1.48. The van der Waals surface area contributed by atoms with Gasteiger partial charge in [0.15, 0.2) is 0 Å². The minimum atomic E-state index is -4.28. The zero-order valence-corrected chi connectivity index (χ0v) is 12.5. The third-order valence-corrected chi connectivity index (χ3v) is 2.37. The number of benzene rings is 1. The smallest absolute Gasteiger partial charge is 0.311 e. The molecule has 112 valence electrons. The number of likely N-dealkylation sites (N-methyl/N-ethyl adjacent to an activating group) is 1. The lowest BCUT2D eigenvalue weighted by Crippen LogP contribution is -2.27. The highest BCUT2D eigenvalue weighted by atomic mass is 35.5. The van der Waals surface area contributed by atoms with Gasteiger partial charge in [0, 0.05) is 19.6 Å². The van der Waals surface area contributed by atoms with Gasteiger partial charge in [-0.25, -0.2) is 0 Å². The summed E-state index contributed by atoms with van der Waals surface area (Å²) in [5, 5.41) is 3.00. The first kappa shape index (κ1) is 20.8. The van der Waals surface area contributed by atoms with E-state index in [9.17, 15) is 13.2 Å². The second-order valence-corrected chi connectivity index (χ2v) is 4.13. The SMILES string of the molecule is CN(C)CCNCc1ccccc1C(F)(F)F.Cl.Cl. The van der Waals surface area contributed by atoms with E-state index in [1.165, 1.54) is 12.1 Å². The van der Waals surface area contributed by atoms with Crippen molar-refractivity contribution in [2.75, 3.05) is 27.2 Å². The summed E-state index contributed by atoms with van der Waals surface area (Å²) in [6.07, 6.45) is -4.28. The molecule has 0 saturated carbocycles. The second kappa shape index (κ2) is 9.42. The Morgan fingerprint density at radius 3 is 2.21 bits per heavy atom. The Morgan fingerprint density at radius 1 is 1.11 bits per heavy atom. The molecule has 2 nitrogen and oxygen atoms in total. The number of alkyl halides is 3. The van der Waals surface area contributed by atoms with Crippen LogP contribution in [-0.4, -0.2) is 32.1 Å². The number of hydrogen-bond acceptors (Lipinski definition) is 2. The van der Waals surface area contributed by atoms with Gasteiger partial charge in [0.1, 0.15) is 0 Å². The van der Waals surface area contributed by atoms with E-state index in [1.807, 2.05) is 19.0 Å². The fraction of sp³-hybridized carbons (Fsp3) is 0.500. The largest absolute Gasteiger partial charge is 0.416 e. The second-order valence-electron chi connectivity index (χ2n) is 4.13. The lowest BCUT2D eigenvalue weighted by molar-refractivity contribution is -0.138. The van der Waals surface area contributed by atoms with Crippen molar-refractivity contribution >= 4 is 24.8 Å². The number of nitrogens with one attached hydrogen (secondary N) is 1. The summed E-state index contributed by atoms with van der Waals surface area (Å²) in [5.41, 5.74) is -0.267. The summed E-state index contributed by atoms with van der Waals surface area (Å²) in [6.45, 7) is 1.71. The monoisotopic (exact) mass is 318 g/mol. The summed E-state index contributed by atoms with van der Waals surface area (Å²) >= 11 is 0. The lowest BCUT2D eigenvalue weighted by atomic mass is 10.1. The first-order valence-corrected chi connectivity index (χ1v) is 5.42. The molecule has 7 heteroatoms. The molecule has 0 aliphatic heterocycles. The zero-order valence-electron chi connectivity index (χ0n) is 10.8. The maximum Gasteiger partial charge on any atom is 0.416 e. The Bertz CT molecular complexity index is 357. The van der Waals surface area contributed by atoms with Gasteiger partial charge in [-0.1, -0.05) is 18.2 Å². The molecule has 0 aliphatic rings. The van der Waals surface area contributed by atoms with Crippen molar-refractivity contribution in [3.8, 4) is 0 Å². The van der Waals surface area contributed by atoms with Gasteiger partial charge in [-0.15, -0.1) is 24.8 Å². The molecule has 0 aromatic heterocycles. The van der Waals surface area contributed by atoms with Crippen LogP contribution in [0.2, 0.25) is 0 Å². The quantitative estimate of drug-likeness (QED) is 0.839. The predicted octanol–water partition coefficient (Wildman–Crippen LogP) is 3.20. The average molecular weight is 319 g/mol. The van der Waals surface area contributed by atoms with Crippen LogP contribution in [0.5, 0.6) is 0 Å². The van der Waals surface area contributed by atoms with E-state index in [1.54, 1.807) is 6.07 Å². The molecule has 0 unspecified atom stereocenters. The normalized spacial score (nSPS) is 10.8. The highest BCUT2D eigenvalue weighted by Crippen LogP contribution is 2.31. The highest BCUT2D eigenvalue weighted by Gasteiger charge is 2.32. The third-order valence-electron chi connectivity index (χ3n) is 2.37. The zero-order chi connectivity index (χ0) is 12.9. The van der Waals surface area contributed by atoms with Gasteiger partial charge >= 0.3 is 6.18 Å². The Kier molecular flexibility index (Phi) is 10.3. The van der Waals surface area contributed by atoms with Crippen molar-refractivity contribution in [3.05, 3.63) is 35.4 Å². The molecule has 19 heavy (non-hydrogen) atoms. The van der Waals surface area contributed by atoms with Gasteiger partial charge in [0.25, 0.3) is 0 Å². The van der Waals surface area contributed by atoms with Crippen LogP contribution in [0.4, 0.5) is 13.2 Å². The molecule has 1 rings (SSSR count). The van der Waals surface area contributed by atoms with E-state index in [-0.39, 0.29) is 31.4 Å². The predicted molar refractivity (Wildman–Crippen MR) is 76.2 cm³/mol. The Hall–Kier alpha value is -0.490. The summed E-state index contributed by atoms with van der Waals surface area (Å²) in [5.74, 6) is 0. The summed E-state index contributed by atoms with van der Waals surface area (Å²) < 4.78 is 37.9. The molecule has 0 amide bonds. The molecule has 0 bridgehead atoms. The van der Waals surface area contributed by atoms with Gasteiger partial charge in [0.2, 0.25) is 0 Å². The molecule has 1 aromatic rings. The molecular weight excluding hydrogens is 300 g/mol. The summed E-state index contributed by atoms with van der Waals surface area (Å²) in [7, 11) is 3.84. The van der Waals surface area contributed by atoms with Gasteiger partial charge in [0.05, 0.1) is 5.56 Å². The van der Waals surface area contributed by atoms with Gasteiger partial charge < -0.3 is 10.2 Å². The number of halogens is 5. The molecule has 1 aromatic carbocycles. The van der Waals surface area contributed by atoms with Gasteiger partial charge in [-0.05, 0) is 25.7 Å². The van der Waals surface area contributed by atoms with Crippen molar-refractivity contribution in [2.24, 2.45) is 0 Å². The Morgan fingerprint density at radius 2 is 1.68 bits per heavy atom. The van der Waals surface area contributed by atoms with Crippen molar-refractivity contribution in [1.29, 1.82) is 0 Å². The fourth-order valence-electron chi connectivity index (χ4n) is 1.48. The lowest BCUT2D eigenvalue weighted by Gasteiger charge is -2.14. The molecule has 0 fully saturated rings. The number of rotatable bonds is 5. The van der Waals surface area contributed by atoms with Crippen LogP contribution in [0.3, 0.4) is 0 Å². The maximum atomic E-state index is 12.6. The van der Waals surface area contributed by atoms with Crippen molar-refractivity contribution in [1.82, 2.24) is 10.2 Å². The molecular formula is C12H19Cl2F3N2. The molecule has 0 aliphatic carbocycles. The minimum absolute atomic E-state index is 0. The van der Waals surface area contributed by atoms with Crippen LogP contribution >= 0.6 is 24.8 Å². The number of hydrogen-bond donors (Lipinski definition) is 1. The van der Waals surface area contributed by atoms with Gasteiger partial charge in [-0.3, -0.25) is 0 Å². The summed E-state index contributed by atoms with van der Waals surface area (Å²) in [4.78, 5) is 1.97. The highest BCUT2D eigenvalue weighted by molar-refractivity contribution is 5.85. The first-order valence-electron chi connectivity index (χ1n) is 5.42. The standard InChI is InChI=1S/C12H17F3N2.2ClH/c1-17(2)8-7-16-9-10-5-3-4-6-11(10)12(13,14)15;;/h3-6,16H,7-9H2,1-2H3;2*1H. The van der Waals surface area contributed by atoms with E-state index in [0.29, 0.717) is 12.1 Å². The molecule has 0 saturated heterocycles. The van der Waals surface area contributed by atoms with Crippen LogP contribution in [0.1, 0.15) is 11.1 Å². The van der Waals surface area contributed by atoms with E-state index < -0.39 is 11.7 Å². The first-order chi connectivity index (χ1) is 7.91. The van der Waals surface area contributed by atoms with Crippen molar-refractivity contribution in [2.45, 2.75) is 12.7 Å². The topological polar surface area (TPSA) is 15.3 Å². The minimum Gasteiger partial charge on any atom is -0.311 e. The molecule has 0 spiro atoms. The van der Waals surface area contributed by atoms with Crippen molar-refractivity contribution in [3.63, 3.8) is 0 Å². The Balaban J connectivity index is 0. The van der Waals surface area contributed by atoms with Crippen LogP contribution in [0, 0.1) is 0 Å². The van der Waals surface area contributed by atoms with Crippen LogP contribution in [0.25, 0.3) is 0 Å². The average Bonchev–Trinajstić information content (AvgIpc) is 2.23. The van der Waals surface area contributed by atoms with Crippen LogP contribution in [0.15, 0.2) is 24.3 Å². The van der Waals surface area contributed by atoms with Gasteiger partial charge in [-0.2, -0.15) is 13.2 Å². The number of nitrogens with zero attached hydrogens (tertiary/aromatic N) is 1. The molecule has 0 heterocycles. The van der Waals surface area contributed by atoms with Crippen molar-refractivity contribution < 1.29 is 13.2 Å². The van der Waals surface area contributed by atoms with E-state index in [0.717, 1.165) is 12.6 Å². The molecule has 0 atom stereocenters. The maximum absolute atomic E-state index is 12.6. The van der Waals surface area contributed by atoms with E-state index in [2.05, 4.69) is 5.32 Å². The van der Waals surface area contributed by atoms with E-state index in [4.69, 9.17) is 0 Å². The van der Waals surface area contributed by atoms with Crippen LogP contribution in [-0.2, 0) is 12.7 Å². The van der Waals surface area contributed by atoms with E-state index >= 15 is 0 Å². The summed E-state index contributed by atoms with van der Waals surface area (Å²) in [6, 6.07) is 5.65. The third kappa shape index (κ3) is 7.62. The molecule has 0 radical (unpaired) electrons. The molecule has 1 N–H and O–H groups in total.